The molecule has 0 bridgehead atoms. The van der Waals surface area contributed by atoms with E-state index in [0.717, 1.165) is 36.9 Å². The summed E-state index contributed by atoms with van der Waals surface area (Å²) in [7, 11) is 1.83. The summed E-state index contributed by atoms with van der Waals surface area (Å²) in [6.45, 7) is 6.28. The van der Waals surface area contributed by atoms with Gasteiger partial charge < -0.3 is 5.11 Å². The minimum Gasteiger partial charge on any atom is -0.392 e. The van der Waals surface area contributed by atoms with Crippen LogP contribution in [0, 0.1) is 12.8 Å². The smallest absolute Gasteiger partial charge is 0.130 e. The van der Waals surface area contributed by atoms with Crippen LogP contribution >= 0.6 is 11.6 Å². The summed E-state index contributed by atoms with van der Waals surface area (Å²) in [5.41, 5.74) is 1.91. The summed E-state index contributed by atoms with van der Waals surface area (Å²) in [6.07, 6.45) is 4.68. The third-order valence-electron chi connectivity index (χ3n) is 3.55. The van der Waals surface area contributed by atoms with Crippen LogP contribution in [0.4, 0.5) is 0 Å². The van der Waals surface area contributed by atoms with Gasteiger partial charge in [0.2, 0.25) is 0 Å². The number of halogens is 1. The molecule has 4 heteroatoms. The zero-order valence-corrected chi connectivity index (χ0v) is 12.7. The van der Waals surface area contributed by atoms with Gasteiger partial charge in [-0.15, -0.1) is 0 Å². The Kier molecular flexibility index (Phi) is 6.16. The number of hydrogen-bond acceptors (Lipinski definition) is 2. The molecule has 1 heterocycles. The molecule has 104 valence electrons. The normalized spacial score (nSPS) is 13.3. The number of hydrogen-bond donors (Lipinski definition) is 1. The molecule has 0 aliphatic rings. The van der Waals surface area contributed by atoms with Crippen LogP contribution in [0.3, 0.4) is 0 Å². The Balaban J connectivity index is 2.75. The molecule has 1 atom stereocenters. The number of rotatable bonds is 7. The molecule has 0 aliphatic carbocycles. The minimum absolute atomic E-state index is 0.315. The first-order valence-electron chi connectivity index (χ1n) is 6.87. The minimum atomic E-state index is -0.315. The first-order valence-corrected chi connectivity index (χ1v) is 7.25. The Bertz CT molecular complexity index is 370. The fourth-order valence-corrected chi connectivity index (χ4v) is 2.80. The molecule has 0 aliphatic heterocycles. The molecule has 1 N–H and O–H groups in total. The first kappa shape index (κ1) is 15.5. The van der Waals surface area contributed by atoms with E-state index in [0.29, 0.717) is 17.5 Å². The molecule has 1 rings (SSSR count). The Hall–Kier alpha value is -0.540. The van der Waals surface area contributed by atoms with Gasteiger partial charge in [-0.1, -0.05) is 38.3 Å². The molecule has 18 heavy (non-hydrogen) atoms. The van der Waals surface area contributed by atoms with E-state index in [1.165, 1.54) is 0 Å². The Morgan fingerprint density at radius 1 is 1.28 bits per heavy atom. The predicted octanol–water partition coefficient (Wildman–Crippen LogP) is 3.50. The van der Waals surface area contributed by atoms with Gasteiger partial charge in [-0.2, -0.15) is 5.10 Å². The number of aliphatic hydroxyl groups is 1. The van der Waals surface area contributed by atoms with Crippen LogP contribution < -0.4 is 0 Å². The van der Waals surface area contributed by atoms with Gasteiger partial charge in [0.05, 0.1) is 11.8 Å². The van der Waals surface area contributed by atoms with Gasteiger partial charge in [0, 0.05) is 19.0 Å². The highest BCUT2D eigenvalue weighted by molar-refractivity contribution is 6.30. The van der Waals surface area contributed by atoms with Crippen molar-refractivity contribution in [3.63, 3.8) is 0 Å². The summed E-state index contributed by atoms with van der Waals surface area (Å²) in [5.74, 6) is 0.371. The molecule has 0 radical (unpaired) electrons. The summed E-state index contributed by atoms with van der Waals surface area (Å²) in [5, 5.41) is 15.3. The average Bonchev–Trinajstić information content (AvgIpc) is 2.55. The van der Waals surface area contributed by atoms with Gasteiger partial charge in [-0.3, -0.25) is 4.68 Å². The quantitative estimate of drug-likeness (QED) is 0.825. The Morgan fingerprint density at radius 2 is 1.83 bits per heavy atom. The zero-order valence-electron chi connectivity index (χ0n) is 11.9. The largest absolute Gasteiger partial charge is 0.392 e. The van der Waals surface area contributed by atoms with E-state index in [-0.39, 0.29) is 6.10 Å². The van der Waals surface area contributed by atoms with Gasteiger partial charge in [0.1, 0.15) is 5.15 Å². The molecule has 0 saturated heterocycles. The molecule has 0 fully saturated rings. The molecule has 0 aromatic carbocycles. The van der Waals surface area contributed by atoms with E-state index in [1.54, 1.807) is 4.68 Å². The van der Waals surface area contributed by atoms with Crippen molar-refractivity contribution in [1.29, 1.82) is 0 Å². The summed E-state index contributed by atoms with van der Waals surface area (Å²) >= 11 is 6.21. The summed E-state index contributed by atoms with van der Waals surface area (Å²) < 4.78 is 1.67. The van der Waals surface area contributed by atoms with Crippen LogP contribution in [0.2, 0.25) is 5.15 Å². The molecular formula is C14H25ClN2O. The second-order valence-corrected chi connectivity index (χ2v) is 5.45. The van der Waals surface area contributed by atoms with Gasteiger partial charge in [-0.25, -0.2) is 0 Å². The van der Waals surface area contributed by atoms with Crippen LogP contribution in [0.5, 0.6) is 0 Å². The number of nitrogens with zero attached hydrogens (tertiary/aromatic N) is 2. The van der Waals surface area contributed by atoms with E-state index in [1.807, 2.05) is 14.0 Å². The number of aliphatic hydroxyl groups excluding tert-OH is 1. The van der Waals surface area contributed by atoms with Crippen molar-refractivity contribution in [2.75, 3.05) is 0 Å². The molecular weight excluding hydrogens is 248 g/mol. The van der Waals surface area contributed by atoms with E-state index in [4.69, 9.17) is 11.6 Å². The lowest BCUT2D eigenvalue weighted by atomic mass is 9.89. The van der Waals surface area contributed by atoms with Crippen LogP contribution in [-0.4, -0.2) is 21.0 Å². The summed E-state index contributed by atoms with van der Waals surface area (Å²) in [4.78, 5) is 0. The van der Waals surface area contributed by atoms with E-state index < -0.39 is 0 Å². The molecule has 1 aromatic heterocycles. The maximum atomic E-state index is 10.4. The highest BCUT2D eigenvalue weighted by Crippen LogP contribution is 2.25. The molecule has 1 unspecified atom stereocenters. The first-order chi connectivity index (χ1) is 8.51. The van der Waals surface area contributed by atoms with Crippen molar-refractivity contribution in [3.8, 4) is 0 Å². The predicted molar refractivity (Wildman–Crippen MR) is 76.0 cm³/mol. The standard InChI is InChI=1S/C14H25ClN2O/c1-5-7-11(8-6-2)13(18)9-12-10(3)16-17(4)14(12)15/h11,13,18H,5-9H2,1-4H3. The van der Waals surface area contributed by atoms with E-state index in [9.17, 15) is 5.11 Å². The third kappa shape index (κ3) is 3.72. The number of aryl methyl sites for hydroxylation is 2. The lowest BCUT2D eigenvalue weighted by molar-refractivity contribution is 0.0962. The third-order valence-corrected chi connectivity index (χ3v) is 4.02. The number of aromatic nitrogens is 2. The van der Waals surface area contributed by atoms with Crippen molar-refractivity contribution in [2.45, 2.75) is 59.0 Å². The second kappa shape index (κ2) is 7.15. The Morgan fingerprint density at radius 3 is 2.22 bits per heavy atom. The molecule has 1 aromatic rings. The van der Waals surface area contributed by atoms with Gasteiger partial charge in [0.15, 0.2) is 0 Å². The van der Waals surface area contributed by atoms with E-state index in [2.05, 4.69) is 18.9 Å². The fraction of sp³-hybridized carbons (Fsp3) is 0.786. The Labute approximate surface area is 115 Å². The summed E-state index contributed by atoms with van der Waals surface area (Å²) in [6, 6.07) is 0. The monoisotopic (exact) mass is 272 g/mol. The lowest BCUT2D eigenvalue weighted by Crippen LogP contribution is -2.23. The van der Waals surface area contributed by atoms with Crippen molar-refractivity contribution >= 4 is 11.6 Å². The van der Waals surface area contributed by atoms with Crippen LogP contribution in [-0.2, 0) is 13.5 Å². The molecule has 0 saturated carbocycles. The van der Waals surface area contributed by atoms with Crippen LogP contribution in [0.1, 0.15) is 50.8 Å². The highest BCUT2D eigenvalue weighted by Gasteiger charge is 2.21. The van der Waals surface area contributed by atoms with Crippen molar-refractivity contribution in [3.05, 3.63) is 16.4 Å². The zero-order chi connectivity index (χ0) is 13.7. The van der Waals surface area contributed by atoms with Crippen LogP contribution in [0.15, 0.2) is 0 Å². The van der Waals surface area contributed by atoms with Crippen molar-refractivity contribution in [1.82, 2.24) is 9.78 Å². The maximum absolute atomic E-state index is 10.4. The molecule has 0 amide bonds. The van der Waals surface area contributed by atoms with Crippen molar-refractivity contribution < 1.29 is 5.11 Å². The van der Waals surface area contributed by atoms with E-state index >= 15 is 0 Å². The lowest BCUT2D eigenvalue weighted by Gasteiger charge is -2.22. The molecule has 0 spiro atoms. The average molecular weight is 273 g/mol. The van der Waals surface area contributed by atoms with Crippen molar-refractivity contribution in [2.24, 2.45) is 13.0 Å². The van der Waals surface area contributed by atoms with Crippen LogP contribution in [0.25, 0.3) is 0 Å². The highest BCUT2D eigenvalue weighted by atomic mass is 35.5. The second-order valence-electron chi connectivity index (χ2n) is 5.09. The topological polar surface area (TPSA) is 38.1 Å². The fourth-order valence-electron chi connectivity index (χ4n) is 2.55. The van der Waals surface area contributed by atoms with Gasteiger partial charge in [0.25, 0.3) is 0 Å². The van der Waals surface area contributed by atoms with Gasteiger partial charge >= 0.3 is 0 Å². The SMILES string of the molecule is CCCC(CCC)C(O)Cc1c(C)nn(C)c1Cl. The van der Waals surface area contributed by atoms with Gasteiger partial charge in [-0.05, 0) is 25.7 Å². The maximum Gasteiger partial charge on any atom is 0.130 e. The molecule has 3 nitrogen and oxygen atoms in total.